The fourth-order valence-electron chi connectivity index (χ4n) is 1.75. The monoisotopic (exact) mass is 183 g/mol. The van der Waals surface area contributed by atoms with E-state index >= 15 is 0 Å². The van der Waals surface area contributed by atoms with Crippen molar-refractivity contribution in [1.82, 2.24) is 0 Å². The maximum Gasteiger partial charge on any atom is 0.255 e. The molecule has 0 aliphatic rings. The van der Waals surface area contributed by atoms with Crippen LogP contribution in [0.15, 0.2) is 0 Å². The van der Waals surface area contributed by atoms with Crippen molar-refractivity contribution >= 4 is 72.2 Å². The van der Waals surface area contributed by atoms with Crippen molar-refractivity contribution < 1.29 is 4.92 Å². The summed E-state index contributed by atoms with van der Waals surface area (Å²) >= 11 is 0. The molecule has 0 atom stereocenters. The Kier molecular flexibility index (Phi) is 2.83. The molecule has 0 aliphatic heterocycles. The predicted octanol–water partition coefficient (Wildman–Crippen LogP) is -7.11. The van der Waals surface area contributed by atoms with Gasteiger partial charge in [0.05, 0.1) is 4.92 Å². The maximum atomic E-state index is 10.9. The third-order valence-corrected chi connectivity index (χ3v) is 3.14. The van der Waals surface area contributed by atoms with Crippen molar-refractivity contribution in [3.63, 3.8) is 0 Å². The van der Waals surface area contributed by atoms with Crippen molar-refractivity contribution in [1.29, 1.82) is 0 Å². The first kappa shape index (κ1) is 11.0. The van der Waals surface area contributed by atoms with Crippen molar-refractivity contribution in [2.75, 3.05) is 0 Å². The van der Waals surface area contributed by atoms with Gasteiger partial charge in [-0.1, -0.05) is 10.9 Å². The van der Waals surface area contributed by atoms with Crippen LogP contribution in [-0.4, -0.2) is 44.2 Å². The quantitative estimate of drug-likeness (QED) is 0.246. The highest BCUT2D eigenvalue weighted by Crippen LogP contribution is 1.96. The summed E-state index contributed by atoms with van der Waals surface area (Å²) in [5, 5.41) is 10.9. The van der Waals surface area contributed by atoms with Crippen LogP contribution in [0.5, 0.6) is 0 Å². The number of nitrogens with zero attached hydrogens (tertiary/aromatic N) is 1. The summed E-state index contributed by atoms with van der Waals surface area (Å²) in [6, 6.07) is 0. The molecule has 0 N–H and O–H groups in total. The van der Waals surface area contributed by atoms with E-state index in [1.807, 2.05) is 39.2 Å². The normalized spacial score (nSPS) is 10.0. The molecule has 0 fully saturated rings. The highest BCUT2D eigenvalue weighted by atomic mass is 16.6. The third-order valence-electron chi connectivity index (χ3n) is 3.14. The Morgan fingerprint density at radius 1 is 0.786 bits per heavy atom. The fourth-order valence-corrected chi connectivity index (χ4v) is 1.75. The minimum Gasteiger partial charge on any atom is -0.258 e. The molecule has 0 spiro atoms. The van der Waals surface area contributed by atoms with Gasteiger partial charge in [0.2, 0.25) is 0 Å². The number of rotatable bonds is 1. The molecule has 0 bridgehead atoms. The molecule has 1 rings (SSSR count). The van der Waals surface area contributed by atoms with Crippen molar-refractivity contribution in [2.45, 2.75) is 0 Å². The molecule has 0 amide bonds. The van der Waals surface area contributed by atoms with Gasteiger partial charge in [0.1, 0.15) is 39.2 Å². The molecule has 1 aromatic rings. The molecule has 66 valence electrons. The fraction of sp³-hybridized carbons (Fsp3) is 0. The van der Waals surface area contributed by atoms with Gasteiger partial charge in [-0.3, -0.25) is 10.1 Å². The van der Waals surface area contributed by atoms with E-state index in [1.165, 1.54) is 0 Å². The SMILES string of the molecule is Bc1c(B)c(B)c([N+](=O)[O-])c(B)c1B. The summed E-state index contributed by atoms with van der Waals surface area (Å²) in [5.41, 5.74) is 5.06. The number of nitro groups is 1. The average Bonchev–Trinajstić information content (AvgIpc) is 2.11. The maximum absolute atomic E-state index is 10.9. The Morgan fingerprint density at radius 3 is 1.36 bits per heavy atom. The van der Waals surface area contributed by atoms with Gasteiger partial charge < -0.3 is 0 Å². The number of hydrogen-bond donors (Lipinski definition) is 0. The minimum absolute atomic E-state index is 0.269. The van der Waals surface area contributed by atoms with Crippen LogP contribution in [0.3, 0.4) is 0 Å². The van der Waals surface area contributed by atoms with Gasteiger partial charge in [-0.15, -0.1) is 5.46 Å². The van der Waals surface area contributed by atoms with E-state index in [-0.39, 0.29) is 10.6 Å². The minimum atomic E-state index is -0.288. The van der Waals surface area contributed by atoms with Crippen LogP contribution in [0, 0.1) is 10.1 Å². The molecule has 1 aromatic carbocycles. The Morgan fingerprint density at radius 2 is 1.07 bits per heavy atom. The lowest BCUT2D eigenvalue weighted by Gasteiger charge is -2.13. The van der Waals surface area contributed by atoms with Gasteiger partial charge >= 0.3 is 0 Å². The second kappa shape index (κ2) is 3.60. The molecule has 0 radical (unpaired) electrons. The van der Waals surface area contributed by atoms with Gasteiger partial charge in [0.25, 0.3) is 5.69 Å². The molecular weight excluding hydrogens is 172 g/mol. The van der Waals surface area contributed by atoms with Crippen molar-refractivity contribution in [2.24, 2.45) is 0 Å². The Hall–Kier alpha value is -1.06. The Balaban J connectivity index is 3.68. The molecule has 0 aromatic heterocycles. The highest BCUT2D eigenvalue weighted by molar-refractivity contribution is 6.68. The summed E-state index contributed by atoms with van der Waals surface area (Å²) in [6.45, 7) is 0. The van der Waals surface area contributed by atoms with E-state index < -0.39 is 0 Å². The van der Waals surface area contributed by atoms with Crippen molar-refractivity contribution in [3.8, 4) is 0 Å². The lowest BCUT2D eigenvalue weighted by atomic mass is 9.62. The lowest BCUT2D eigenvalue weighted by molar-refractivity contribution is -0.382. The Labute approximate surface area is 87.8 Å². The Bertz CT molecular complexity index is 390. The van der Waals surface area contributed by atoms with Gasteiger partial charge in [-0.25, -0.2) is 0 Å². The second-order valence-corrected chi connectivity index (χ2v) is 3.73. The molecule has 0 unspecified atom stereocenters. The van der Waals surface area contributed by atoms with E-state index in [2.05, 4.69) is 0 Å². The predicted molar refractivity (Wildman–Crippen MR) is 74.0 cm³/mol. The lowest BCUT2D eigenvalue weighted by Crippen LogP contribution is -2.55. The summed E-state index contributed by atoms with van der Waals surface area (Å²) in [4.78, 5) is 10.6. The van der Waals surface area contributed by atoms with Crippen molar-refractivity contribution in [3.05, 3.63) is 10.1 Å². The van der Waals surface area contributed by atoms with Crippen LogP contribution in [0.1, 0.15) is 0 Å². The first-order valence-electron chi connectivity index (χ1n) is 4.59. The highest BCUT2D eigenvalue weighted by Gasteiger charge is 2.19. The first-order valence-corrected chi connectivity index (χ1v) is 4.59. The zero-order valence-corrected chi connectivity index (χ0v) is 9.26. The van der Waals surface area contributed by atoms with E-state index in [1.54, 1.807) is 0 Å². The summed E-state index contributed by atoms with van der Waals surface area (Å²) in [7, 11) is 9.50. The third kappa shape index (κ3) is 1.49. The largest absolute Gasteiger partial charge is 0.258 e. The van der Waals surface area contributed by atoms with Crippen LogP contribution in [0.25, 0.3) is 0 Å². The molecule has 3 nitrogen and oxygen atoms in total. The zero-order valence-electron chi connectivity index (χ0n) is 9.26. The number of nitro benzene ring substituents is 1. The van der Waals surface area contributed by atoms with Crippen LogP contribution >= 0.6 is 0 Å². The number of benzene rings is 1. The van der Waals surface area contributed by atoms with E-state index in [4.69, 9.17) is 0 Å². The van der Waals surface area contributed by atoms with Gasteiger partial charge in [-0.05, 0) is 10.9 Å². The second-order valence-electron chi connectivity index (χ2n) is 3.73. The van der Waals surface area contributed by atoms with Crippen LogP contribution in [0.4, 0.5) is 5.69 Å². The molecule has 14 heavy (non-hydrogen) atoms. The summed E-state index contributed by atoms with van der Waals surface area (Å²) < 4.78 is 0. The van der Waals surface area contributed by atoms with Crippen LogP contribution in [-0.2, 0) is 0 Å². The standard InChI is InChI=1S/C6H10B5NO2/c7-1-2(8)4(10)6(12(13)14)5(11)3(1)9/h7-11H2. The topological polar surface area (TPSA) is 43.1 Å². The molecule has 0 saturated carbocycles. The van der Waals surface area contributed by atoms with Gasteiger partial charge in [0.15, 0.2) is 0 Å². The molecule has 8 heteroatoms. The number of hydrogen-bond acceptors (Lipinski definition) is 2. The molecular formula is C6H10B5NO2. The first-order chi connectivity index (χ1) is 6.37. The average molecular weight is 182 g/mol. The van der Waals surface area contributed by atoms with E-state index in [0.29, 0.717) is 0 Å². The summed E-state index contributed by atoms with van der Waals surface area (Å²) in [5.74, 6) is 0. The summed E-state index contributed by atoms with van der Waals surface area (Å²) in [6.07, 6.45) is 0. The molecule has 0 aliphatic carbocycles. The van der Waals surface area contributed by atoms with E-state index in [9.17, 15) is 10.1 Å². The smallest absolute Gasteiger partial charge is 0.255 e. The molecule has 0 saturated heterocycles. The van der Waals surface area contributed by atoms with Gasteiger partial charge in [-0.2, -0.15) is 0 Å². The van der Waals surface area contributed by atoms with Crippen LogP contribution in [0.2, 0.25) is 0 Å². The van der Waals surface area contributed by atoms with E-state index in [0.717, 1.165) is 27.3 Å². The van der Waals surface area contributed by atoms with Gasteiger partial charge in [0, 0.05) is 0 Å². The zero-order chi connectivity index (χ0) is 11.0. The van der Waals surface area contributed by atoms with Crippen LogP contribution < -0.4 is 27.3 Å². The molecule has 0 heterocycles.